The van der Waals surface area contributed by atoms with Crippen LogP contribution in [0.5, 0.6) is 0 Å². The minimum atomic E-state index is -4.72. The third kappa shape index (κ3) is 4.94. The number of benzene rings is 1. The van der Waals surface area contributed by atoms with Crippen molar-refractivity contribution >= 4 is 11.9 Å². The zero-order chi connectivity index (χ0) is 14.6. The van der Waals surface area contributed by atoms with Crippen LogP contribution in [0.2, 0.25) is 0 Å². The summed E-state index contributed by atoms with van der Waals surface area (Å²) in [6.07, 6.45) is -6.41. The summed E-state index contributed by atoms with van der Waals surface area (Å²) in [4.78, 5) is 22.1. The Balaban J connectivity index is 2.77. The van der Waals surface area contributed by atoms with Gasteiger partial charge in [-0.3, -0.25) is 4.79 Å². The summed E-state index contributed by atoms with van der Waals surface area (Å²) in [5.41, 5.74) is -0.130. The van der Waals surface area contributed by atoms with Crippen molar-refractivity contribution in [1.82, 2.24) is 5.32 Å². The molecule has 1 unspecified atom stereocenters. The zero-order valence-corrected chi connectivity index (χ0v) is 9.37. The minimum Gasteiger partial charge on any atom is -0.480 e. The molecule has 2 N–H and O–H groups in total. The number of hydrogen-bond acceptors (Lipinski definition) is 2. The fraction of sp³-hybridized carbons (Fsp3) is 0.273. The fourth-order valence-corrected chi connectivity index (χ4v) is 1.27. The van der Waals surface area contributed by atoms with Crippen molar-refractivity contribution in [2.75, 3.05) is 0 Å². The van der Waals surface area contributed by atoms with Gasteiger partial charge in [-0.05, 0) is 24.3 Å². The molecule has 1 aromatic carbocycles. The molecule has 1 amide bonds. The summed E-state index contributed by atoms with van der Waals surface area (Å²) < 4.78 is 48.9. The maximum absolute atomic E-state index is 12.6. The van der Waals surface area contributed by atoms with E-state index in [2.05, 4.69) is 0 Å². The highest BCUT2D eigenvalue weighted by molar-refractivity contribution is 5.96. The first-order valence-electron chi connectivity index (χ1n) is 5.05. The van der Waals surface area contributed by atoms with Crippen LogP contribution in [0.1, 0.15) is 16.8 Å². The average Bonchev–Trinajstić information content (AvgIpc) is 2.27. The number of halogens is 4. The third-order valence-corrected chi connectivity index (χ3v) is 2.15. The van der Waals surface area contributed by atoms with Gasteiger partial charge in [0.05, 0.1) is 6.42 Å². The van der Waals surface area contributed by atoms with E-state index < -0.39 is 36.3 Å². The number of hydrogen-bond donors (Lipinski definition) is 2. The van der Waals surface area contributed by atoms with E-state index >= 15 is 0 Å². The molecule has 0 aliphatic carbocycles. The van der Waals surface area contributed by atoms with Gasteiger partial charge in [-0.1, -0.05) is 0 Å². The lowest BCUT2D eigenvalue weighted by atomic mass is 10.1. The molecule has 104 valence electrons. The Kier molecular flexibility index (Phi) is 4.47. The second-order valence-corrected chi connectivity index (χ2v) is 3.69. The standard InChI is InChI=1S/C11H9F4NO3/c12-7-3-1-6(2-4-7)9(17)16-8(10(18)19)5-11(13,14)15/h1-4,8H,5H2,(H,16,17)(H,18,19). The lowest BCUT2D eigenvalue weighted by Crippen LogP contribution is -2.43. The van der Waals surface area contributed by atoms with E-state index in [-0.39, 0.29) is 5.56 Å². The second-order valence-electron chi connectivity index (χ2n) is 3.69. The summed E-state index contributed by atoms with van der Waals surface area (Å²) in [6.45, 7) is 0. The number of carboxylic acid groups (broad SMARTS) is 1. The van der Waals surface area contributed by atoms with Crippen molar-refractivity contribution in [1.29, 1.82) is 0 Å². The van der Waals surface area contributed by atoms with Crippen LogP contribution in [0.15, 0.2) is 24.3 Å². The third-order valence-electron chi connectivity index (χ3n) is 2.15. The van der Waals surface area contributed by atoms with Crippen LogP contribution < -0.4 is 5.32 Å². The average molecular weight is 279 g/mol. The van der Waals surface area contributed by atoms with Crippen LogP contribution in [0.4, 0.5) is 17.6 Å². The van der Waals surface area contributed by atoms with Crippen LogP contribution in [0, 0.1) is 5.82 Å². The van der Waals surface area contributed by atoms with Crippen LogP contribution in [-0.4, -0.2) is 29.2 Å². The number of amides is 1. The van der Waals surface area contributed by atoms with E-state index in [0.717, 1.165) is 24.3 Å². The molecule has 0 spiro atoms. The highest BCUT2D eigenvalue weighted by Crippen LogP contribution is 2.21. The predicted molar refractivity (Wildman–Crippen MR) is 56.0 cm³/mol. The van der Waals surface area contributed by atoms with Crippen LogP contribution in [0.25, 0.3) is 0 Å². The van der Waals surface area contributed by atoms with Crippen molar-refractivity contribution in [3.63, 3.8) is 0 Å². The molecule has 4 nitrogen and oxygen atoms in total. The van der Waals surface area contributed by atoms with E-state index in [1.54, 1.807) is 5.32 Å². The normalized spacial score (nSPS) is 12.8. The smallest absolute Gasteiger partial charge is 0.391 e. The van der Waals surface area contributed by atoms with Gasteiger partial charge < -0.3 is 10.4 Å². The Bertz CT molecular complexity index is 470. The SMILES string of the molecule is O=C(NC(CC(F)(F)F)C(=O)O)c1ccc(F)cc1. The number of nitrogens with one attached hydrogen (secondary N) is 1. The quantitative estimate of drug-likeness (QED) is 0.828. The highest BCUT2D eigenvalue weighted by Gasteiger charge is 2.36. The molecule has 19 heavy (non-hydrogen) atoms. The van der Waals surface area contributed by atoms with Gasteiger partial charge in [0.1, 0.15) is 11.9 Å². The molecule has 0 aromatic heterocycles. The first-order valence-corrected chi connectivity index (χ1v) is 5.05. The van der Waals surface area contributed by atoms with Gasteiger partial charge in [-0.2, -0.15) is 13.2 Å². The predicted octanol–water partition coefficient (Wildman–Crippen LogP) is 1.96. The van der Waals surface area contributed by atoms with Crippen molar-refractivity contribution < 1.29 is 32.3 Å². The molecule has 8 heteroatoms. The molecule has 1 aromatic rings. The molecule has 0 heterocycles. The van der Waals surface area contributed by atoms with Crippen LogP contribution >= 0.6 is 0 Å². The second kappa shape index (κ2) is 5.68. The summed E-state index contributed by atoms with van der Waals surface area (Å²) in [6, 6.07) is 1.87. The number of aliphatic carboxylic acids is 1. The van der Waals surface area contributed by atoms with Gasteiger partial charge in [-0.25, -0.2) is 9.18 Å². The zero-order valence-electron chi connectivity index (χ0n) is 9.37. The number of carbonyl (C=O) groups is 2. The first-order chi connectivity index (χ1) is 8.69. The molecule has 0 aliphatic rings. The maximum atomic E-state index is 12.6. The van der Waals surface area contributed by atoms with E-state index in [0.29, 0.717) is 0 Å². The van der Waals surface area contributed by atoms with Crippen LogP contribution in [0.3, 0.4) is 0 Å². The molecule has 0 bridgehead atoms. The molecule has 0 fully saturated rings. The Labute approximate surface area is 105 Å². The Morgan fingerprint density at radius 2 is 1.74 bits per heavy atom. The molecule has 0 radical (unpaired) electrons. The fourth-order valence-electron chi connectivity index (χ4n) is 1.27. The number of carbonyl (C=O) groups excluding carboxylic acids is 1. The highest BCUT2D eigenvalue weighted by atomic mass is 19.4. The molecule has 1 rings (SSSR count). The summed E-state index contributed by atoms with van der Waals surface area (Å²) in [7, 11) is 0. The molecular weight excluding hydrogens is 270 g/mol. The summed E-state index contributed by atoms with van der Waals surface area (Å²) >= 11 is 0. The summed E-state index contributed by atoms with van der Waals surface area (Å²) in [5.74, 6) is -3.44. The molecule has 0 aliphatic heterocycles. The topological polar surface area (TPSA) is 66.4 Å². The first kappa shape index (κ1) is 14.9. The maximum Gasteiger partial charge on any atom is 0.391 e. The van der Waals surface area contributed by atoms with Gasteiger partial charge >= 0.3 is 12.1 Å². The Morgan fingerprint density at radius 3 is 2.16 bits per heavy atom. The minimum absolute atomic E-state index is 0.130. The van der Waals surface area contributed by atoms with Crippen molar-refractivity contribution in [2.24, 2.45) is 0 Å². The van der Waals surface area contributed by atoms with Crippen molar-refractivity contribution in [2.45, 2.75) is 18.6 Å². The van der Waals surface area contributed by atoms with E-state index in [1.807, 2.05) is 0 Å². The number of carboxylic acids is 1. The van der Waals surface area contributed by atoms with Gasteiger partial charge in [0.15, 0.2) is 0 Å². The molecule has 0 saturated carbocycles. The van der Waals surface area contributed by atoms with Crippen molar-refractivity contribution in [3.05, 3.63) is 35.6 Å². The van der Waals surface area contributed by atoms with Gasteiger partial charge in [0, 0.05) is 5.56 Å². The monoisotopic (exact) mass is 279 g/mol. The Morgan fingerprint density at radius 1 is 1.21 bits per heavy atom. The summed E-state index contributed by atoms with van der Waals surface area (Å²) in [5, 5.41) is 10.3. The van der Waals surface area contributed by atoms with Crippen LogP contribution in [-0.2, 0) is 4.79 Å². The van der Waals surface area contributed by atoms with Gasteiger partial charge in [0.25, 0.3) is 5.91 Å². The molecule has 1 atom stereocenters. The lowest BCUT2D eigenvalue weighted by molar-refractivity contribution is -0.157. The lowest BCUT2D eigenvalue weighted by Gasteiger charge is -2.16. The van der Waals surface area contributed by atoms with E-state index in [4.69, 9.17) is 5.11 Å². The Hall–Kier alpha value is -2.12. The van der Waals surface area contributed by atoms with Gasteiger partial charge in [-0.15, -0.1) is 0 Å². The molecule has 0 saturated heterocycles. The number of alkyl halides is 3. The van der Waals surface area contributed by atoms with Gasteiger partial charge in [0.2, 0.25) is 0 Å². The largest absolute Gasteiger partial charge is 0.480 e. The number of rotatable bonds is 4. The molecular formula is C11H9F4NO3. The van der Waals surface area contributed by atoms with E-state index in [9.17, 15) is 27.2 Å². The van der Waals surface area contributed by atoms with E-state index in [1.165, 1.54) is 0 Å². The van der Waals surface area contributed by atoms with Crippen molar-refractivity contribution in [3.8, 4) is 0 Å².